The summed E-state index contributed by atoms with van der Waals surface area (Å²) in [4.78, 5) is 12.2. The fourth-order valence-electron chi connectivity index (χ4n) is 2.65. The minimum absolute atomic E-state index is 0.0717. The van der Waals surface area contributed by atoms with E-state index in [1.165, 1.54) is 23.4 Å². The van der Waals surface area contributed by atoms with Crippen LogP contribution >= 0.6 is 11.8 Å². The molecular formula is C20H22FN5OS. The van der Waals surface area contributed by atoms with Gasteiger partial charge in [0.05, 0.1) is 17.1 Å². The average Bonchev–Trinajstić information content (AvgIpc) is 3.16. The summed E-state index contributed by atoms with van der Waals surface area (Å²) in [6.45, 7) is 3.96. The Kier molecular flexibility index (Phi) is 6.76. The third-order valence-electron chi connectivity index (χ3n) is 4.17. The number of anilines is 1. The van der Waals surface area contributed by atoms with Gasteiger partial charge in [-0.2, -0.15) is 4.68 Å². The normalized spacial score (nSPS) is 10.8. The maximum absolute atomic E-state index is 13.9. The van der Waals surface area contributed by atoms with Crippen molar-refractivity contribution < 1.29 is 9.18 Å². The maximum atomic E-state index is 13.9. The van der Waals surface area contributed by atoms with Crippen LogP contribution in [0.15, 0.2) is 47.6 Å². The van der Waals surface area contributed by atoms with Crippen molar-refractivity contribution in [2.24, 2.45) is 0 Å². The second-order valence-corrected chi connectivity index (χ2v) is 7.41. The van der Waals surface area contributed by atoms with E-state index in [9.17, 15) is 9.18 Å². The van der Waals surface area contributed by atoms with Gasteiger partial charge in [0.25, 0.3) is 0 Å². The Hall–Kier alpha value is -2.74. The van der Waals surface area contributed by atoms with Crippen LogP contribution in [0.25, 0.3) is 5.69 Å². The van der Waals surface area contributed by atoms with E-state index in [-0.39, 0.29) is 17.3 Å². The molecule has 0 aliphatic rings. The van der Waals surface area contributed by atoms with Gasteiger partial charge in [-0.15, -0.1) is 5.10 Å². The number of hydrogen-bond acceptors (Lipinski definition) is 5. The summed E-state index contributed by atoms with van der Waals surface area (Å²) in [7, 11) is 0. The smallest absolute Gasteiger partial charge is 0.234 e. The topological polar surface area (TPSA) is 72.7 Å². The van der Waals surface area contributed by atoms with Crippen LogP contribution in [0.5, 0.6) is 0 Å². The summed E-state index contributed by atoms with van der Waals surface area (Å²) in [5.74, 6) is -0.703. The monoisotopic (exact) mass is 399 g/mol. The number of tetrazole rings is 1. The molecule has 1 aromatic heterocycles. The minimum Gasteiger partial charge on any atom is -0.323 e. The van der Waals surface area contributed by atoms with Crippen molar-refractivity contribution in [2.75, 3.05) is 11.1 Å². The first-order valence-corrected chi connectivity index (χ1v) is 10.1. The Labute approximate surface area is 167 Å². The highest BCUT2D eigenvalue weighted by molar-refractivity contribution is 7.99. The second kappa shape index (κ2) is 9.45. The molecule has 1 N–H and O–H groups in total. The Morgan fingerprint density at radius 1 is 1.21 bits per heavy atom. The van der Waals surface area contributed by atoms with Crippen molar-refractivity contribution in [3.05, 3.63) is 59.4 Å². The molecule has 3 rings (SSSR count). The maximum Gasteiger partial charge on any atom is 0.234 e. The molecular weight excluding hydrogens is 377 g/mol. The third kappa shape index (κ3) is 5.16. The first kappa shape index (κ1) is 20.0. The SMILES string of the molecule is CCCCc1ccc(-n2nnnc2SCC(=O)Nc2ccc(C)cc2F)cc1. The molecule has 0 radical (unpaired) electrons. The molecule has 146 valence electrons. The summed E-state index contributed by atoms with van der Waals surface area (Å²) < 4.78 is 15.5. The van der Waals surface area contributed by atoms with Gasteiger partial charge in [0.2, 0.25) is 11.1 Å². The summed E-state index contributed by atoms with van der Waals surface area (Å²) in [5.41, 5.74) is 3.06. The van der Waals surface area contributed by atoms with Gasteiger partial charge in [0, 0.05) is 0 Å². The average molecular weight is 399 g/mol. The largest absolute Gasteiger partial charge is 0.323 e. The Balaban J connectivity index is 1.61. The highest BCUT2D eigenvalue weighted by Crippen LogP contribution is 2.20. The molecule has 1 heterocycles. The van der Waals surface area contributed by atoms with Gasteiger partial charge in [0.15, 0.2) is 0 Å². The minimum atomic E-state index is -0.452. The van der Waals surface area contributed by atoms with Crippen molar-refractivity contribution in [3.8, 4) is 5.69 Å². The van der Waals surface area contributed by atoms with Gasteiger partial charge in [-0.05, 0) is 65.6 Å². The molecule has 0 bridgehead atoms. The number of benzene rings is 2. The highest BCUT2D eigenvalue weighted by atomic mass is 32.2. The molecule has 0 unspecified atom stereocenters. The van der Waals surface area contributed by atoms with Gasteiger partial charge >= 0.3 is 0 Å². The van der Waals surface area contributed by atoms with E-state index in [4.69, 9.17) is 0 Å². The Morgan fingerprint density at radius 2 is 2.00 bits per heavy atom. The van der Waals surface area contributed by atoms with E-state index in [0.29, 0.717) is 5.16 Å². The number of carbonyl (C=O) groups is 1. The number of rotatable bonds is 8. The Morgan fingerprint density at radius 3 is 2.71 bits per heavy atom. The predicted octanol–water partition coefficient (Wildman–Crippen LogP) is 4.18. The number of carbonyl (C=O) groups excluding carboxylic acids is 1. The number of halogens is 1. The molecule has 0 atom stereocenters. The molecule has 0 saturated carbocycles. The van der Waals surface area contributed by atoms with E-state index in [1.54, 1.807) is 23.7 Å². The predicted molar refractivity (Wildman–Crippen MR) is 108 cm³/mol. The van der Waals surface area contributed by atoms with Gasteiger partial charge < -0.3 is 5.32 Å². The molecule has 6 nitrogen and oxygen atoms in total. The number of unbranched alkanes of at least 4 members (excludes halogenated alkanes) is 1. The van der Waals surface area contributed by atoms with Crippen molar-refractivity contribution in [1.29, 1.82) is 0 Å². The summed E-state index contributed by atoms with van der Waals surface area (Å²) in [5, 5.41) is 14.8. The summed E-state index contributed by atoms with van der Waals surface area (Å²) in [6.07, 6.45) is 3.36. The quantitative estimate of drug-likeness (QED) is 0.575. The van der Waals surface area contributed by atoms with Gasteiger partial charge in [-0.3, -0.25) is 4.79 Å². The van der Waals surface area contributed by atoms with Gasteiger partial charge in [0.1, 0.15) is 5.82 Å². The van der Waals surface area contributed by atoms with E-state index in [2.05, 4.69) is 39.9 Å². The van der Waals surface area contributed by atoms with Gasteiger partial charge in [-0.1, -0.05) is 43.3 Å². The number of nitrogens with one attached hydrogen (secondary N) is 1. The van der Waals surface area contributed by atoms with E-state index in [0.717, 1.165) is 30.5 Å². The molecule has 1 amide bonds. The molecule has 0 aliphatic heterocycles. The van der Waals surface area contributed by atoms with Crippen LogP contribution in [0.1, 0.15) is 30.9 Å². The molecule has 0 aliphatic carbocycles. The summed E-state index contributed by atoms with van der Waals surface area (Å²) in [6, 6.07) is 12.7. The lowest BCUT2D eigenvalue weighted by atomic mass is 10.1. The number of aromatic nitrogens is 4. The zero-order valence-corrected chi connectivity index (χ0v) is 16.7. The number of aryl methyl sites for hydroxylation is 2. The molecule has 3 aromatic rings. The second-order valence-electron chi connectivity index (χ2n) is 6.46. The number of amides is 1. The molecule has 0 fully saturated rings. The van der Waals surface area contributed by atoms with Crippen LogP contribution in [0, 0.1) is 12.7 Å². The molecule has 0 spiro atoms. The zero-order chi connectivity index (χ0) is 19.9. The van der Waals surface area contributed by atoms with Crippen molar-refractivity contribution in [3.63, 3.8) is 0 Å². The lowest BCUT2D eigenvalue weighted by Crippen LogP contribution is -2.15. The van der Waals surface area contributed by atoms with Crippen LogP contribution in [-0.4, -0.2) is 31.9 Å². The zero-order valence-electron chi connectivity index (χ0n) is 15.9. The van der Waals surface area contributed by atoms with Crippen molar-refractivity contribution in [1.82, 2.24) is 20.2 Å². The van der Waals surface area contributed by atoms with Crippen molar-refractivity contribution >= 4 is 23.4 Å². The lowest BCUT2D eigenvalue weighted by molar-refractivity contribution is -0.113. The standard InChI is InChI=1S/C20H22FN5OS/c1-3-4-5-15-7-9-16(10-8-15)26-20(23-24-25-26)28-13-19(27)22-18-11-6-14(2)12-17(18)21/h6-12H,3-5,13H2,1-2H3,(H,22,27). The van der Waals surface area contributed by atoms with Crippen LogP contribution in [-0.2, 0) is 11.2 Å². The van der Waals surface area contributed by atoms with Crippen LogP contribution in [0.3, 0.4) is 0 Å². The fraction of sp³-hybridized carbons (Fsp3) is 0.300. The van der Waals surface area contributed by atoms with Crippen LogP contribution in [0.4, 0.5) is 10.1 Å². The number of hydrogen-bond donors (Lipinski definition) is 1. The highest BCUT2D eigenvalue weighted by Gasteiger charge is 2.13. The first-order chi connectivity index (χ1) is 13.6. The van der Waals surface area contributed by atoms with E-state index >= 15 is 0 Å². The van der Waals surface area contributed by atoms with Crippen LogP contribution in [0.2, 0.25) is 0 Å². The van der Waals surface area contributed by atoms with Crippen LogP contribution < -0.4 is 5.32 Å². The lowest BCUT2D eigenvalue weighted by Gasteiger charge is -2.08. The molecule has 8 heteroatoms. The van der Waals surface area contributed by atoms with Gasteiger partial charge in [-0.25, -0.2) is 4.39 Å². The first-order valence-electron chi connectivity index (χ1n) is 9.13. The molecule has 0 saturated heterocycles. The van der Waals surface area contributed by atoms with E-state index in [1.807, 2.05) is 12.1 Å². The Bertz CT molecular complexity index is 942. The molecule has 2 aromatic carbocycles. The van der Waals surface area contributed by atoms with Crippen molar-refractivity contribution in [2.45, 2.75) is 38.3 Å². The van der Waals surface area contributed by atoms with E-state index < -0.39 is 5.82 Å². The number of nitrogens with zero attached hydrogens (tertiary/aromatic N) is 4. The number of thioether (sulfide) groups is 1. The fourth-order valence-corrected chi connectivity index (χ4v) is 3.34. The molecule has 28 heavy (non-hydrogen) atoms. The third-order valence-corrected chi connectivity index (χ3v) is 5.09. The summed E-state index contributed by atoms with van der Waals surface area (Å²) >= 11 is 1.20.